The van der Waals surface area contributed by atoms with E-state index in [0.717, 1.165) is 33.6 Å². The second kappa shape index (κ2) is 9.90. The minimum atomic E-state index is -0.910. The Morgan fingerprint density at radius 2 is 1.37 bits per heavy atom. The average molecular weight is 462 g/mol. The molecule has 4 aromatic rings. The van der Waals surface area contributed by atoms with Gasteiger partial charge in [-0.25, -0.2) is 4.79 Å². The fourth-order valence-corrected chi connectivity index (χ4v) is 4.62. The van der Waals surface area contributed by atoms with Crippen molar-refractivity contribution >= 4 is 12.2 Å². The van der Waals surface area contributed by atoms with Crippen molar-refractivity contribution < 1.29 is 14.3 Å². The molecule has 0 saturated carbocycles. The third kappa shape index (κ3) is 4.69. The van der Waals surface area contributed by atoms with Crippen LogP contribution < -0.4 is 10.1 Å². The average Bonchev–Trinajstić information content (AvgIpc) is 3.26. The summed E-state index contributed by atoms with van der Waals surface area (Å²) in [5, 5.41) is 3.06. The Balaban J connectivity index is 1.36. The molecule has 1 N–H and O–H groups in total. The van der Waals surface area contributed by atoms with Gasteiger partial charge in [-0.3, -0.25) is 0 Å². The molecule has 0 unspecified atom stereocenters. The van der Waals surface area contributed by atoms with Crippen molar-refractivity contribution in [1.29, 1.82) is 0 Å². The Morgan fingerprint density at radius 3 is 1.94 bits per heavy atom. The number of carbonyl (C=O) groups is 1. The molecule has 0 spiro atoms. The summed E-state index contributed by atoms with van der Waals surface area (Å²) >= 11 is 0. The maximum atomic E-state index is 12.6. The summed E-state index contributed by atoms with van der Waals surface area (Å²) < 4.78 is 12.0. The number of rotatable bonds is 8. The van der Waals surface area contributed by atoms with Gasteiger partial charge in [0.05, 0.1) is 6.04 Å². The number of ether oxygens (including phenoxy) is 2. The zero-order chi connectivity index (χ0) is 24.1. The Labute approximate surface area is 205 Å². The van der Waals surface area contributed by atoms with Crippen LogP contribution in [0.15, 0.2) is 116 Å². The molecule has 0 aliphatic carbocycles. The van der Waals surface area contributed by atoms with Crippen molar-refractivity contribution in [2.45, 2.75) is 24.7 Å². The van der Waals surface area contributed by atoms with Crippen molar-refractivity contribution in [3.8, 4) is 5.75 Å². The van der Waals surface area contributed by atoms with Crippen LogP contribution in [0.25, 0.3) is 6.08 Å². The third-order valence-electron chi connectivity index (χ3n) is 6.43. The fourth-order valence-electron chi connectivity index (χ4n) is 4.62. The van der Waals surface area contributed by atoms with Gasteiger partial charge in [0.25, 0.3) is 0 Å². The molecule has 0 aromatic heterocycles. The van der Waals surface area contributed by atoms with Crippen LogP contribution in [-0.2, 0) is 23.4 Å². The summed E-state index contributed by atoms with van der Waals surface area (Å²) in [6, 6.07) is 35.8. The Bertz CT molecular complexity index is 1240. The van der Waals surface area contributed by atoms with E-state index in [4.69, 9.17) is 9.47 Å². The van der Waals surface area contributed by atoms with Crippen LogP contribution >= 0.6 is 0 Å². The van der Waals surface area contributed by atoms with E-state index < -0.39 is 11.7 Å². The van der Waals surface area contributed by atoms with Gasteiger partial charge in [0, 0.05) is 11.1 Å². The quantitative estimate of drug-likeness (QED) is 0.326. The normalized spacial score (nSPS) is 16.2. The number of amides is 1. The van der Waals surface area contributed by atoms with Gasteiger partial charge in [-0.2, -0.15) is 0 Å². The summed E-state index contributed by atoms with van der Waals surface area (Å²) in [4.78, 5) is 12.6. The van der Waals surface area contributed by atoms with E-state index >= 15 is 0 Å². The van der Waals surface area contributed by atoms with Gasteiger partial charge in [0.2, 0.25) is 0 Å². The topological polar surface area (TPSA) is 47.6 Å². The number of carbonyl (C=O) groups excluding carboxylic acids is 1. The predicted octanol–water partition coefficient (Wildman–Crippen LogP) is 6.50. The molecular formula is C31H27NO3. The molecule has 4 heteroatoms. The maximum Gasteiger partial charge on any atom is 0.408 e. The number of hydrogen-bond donors (Lipinski definition) is 1. The molecule has 1 aliphatic rings. The number of alkyl carbamates (subject to hydrolysis) is 1. The van der Waals surface area contributed by atoms with Gasteiger partial charge in [0.15, 0.2) is 5.60 Å². The molecule has 1 aliphatic heterocycles. The first-order valence-electron chi connectivity index (χ1n) is 11.7. The molecule has 4 aromatic carbocycles. The highest BCUT2D eigenvalue weighted by atomic mass is 16.6. The molecule has 35 heavy (non-hydrogen) atoms. The lowest BCUT2D eigenvalue weighted by Crippen LogP contribution is -2.43. The number of benzene rings is 4. The standard InChI is InChI=1S/C31H27NO3/c1-2-23-13-15-25(16-14-23)22-34-28-19-17-24(18-20-28)21-29-31(35-30(33)32-29,26-9-5-3-6-10-26)27-11-7-4-8-12-27/h2-20,29H,1,21-22H2,(H,32,33)/t29-/m0/s1. The first kappa shape index (κ1) is 22.5. The van der Waals surface area contributed by atoms with Crippen molar-refractivity contribution in [3.63, 3.8) is 0 Å². The second-order valence-corrected chi connectivity index (χ2v) is 8.64. The highest BCUT2D eigenvalue weighted by molar-refractivity contribution is 5.73. The predicted molar refractivity (Wildman–Crippen MR) is 138 cm³/mol. The lowest BCUT2D eigenvalue weighted by atomic mass is 9.78. The summed E-state index contributed by atoms with van der Waals surface area (Å²) in [5.41, 5.74) is 4.24. The molecule has 0 radical (unpaired) electrons. The third-order valence-corrected chi connectivity index (χ3v) is 6.43. The summed E-state index contributed by atoms with van der Waals surface area (Å²) in [6.07, 6.45) is 2.02. The first-order valence-corrected chi connectivity index (χ1v) is 11.7. The van der Waals surface area contributed by atoms with Crippen LogP contribution in [0.2, 0.25) is 0 Å². The zero-order valence-electron chi connectivity index (χ0n) is 19.4. The highest BCUT2D eigenvalue weighted by Crippen LogP contribution is 2.41. The van der Waals surface area contributed by atoms with Crippen LogP contribution in [0.5, 0.6) is 5.75 Å². The monoisotopic (exact) mass is 461 g/mol. The van der Waals surface area contributed by atoms with Crippen LogP contribution in [0.1, 0.15) is 27.8 Å². The van der Waals surface area contributed by atoms with Gasteiger partial charge in [0.1, 0.15) is 12.4 Å². The van der Waals surface area contributed by atoms with Gasteiger partial charge >= 0.3 is 6.09 Å². The number of hydrogen-bond acceptors (Lipinski definition) is 3. The summed E-state index contributed by atoms with van der Waals surface area (Å²) in [5.74, 6) is 0.797. The molecule has 4 nitrogen and oxygen atoms in total. The van der Waals surface area contributed by atoms with Crippen molar-refractivity contribution in [2.75, 3.05) is 0 Å². The van der Waals surface area contributed by atoms with Gasteiger partial charge < -0.3 is 14.8 Å². The first-order chi connectivity index (χ1) is 17.2. The van der Waals surface area contributed by atoms with E-state index in [9.17, 15) is 4.79 Å². The maximum absolute atomic E-state index is 12.6. The SMILES string of the molecule is C=Cc1ccc(COc2ccc(C[C@@H]3NC(=O)OC3(c3ccccc3)c3ccccc3)cc2)cc1. The van der Waals surface area contributed by atoms with Crippen LogP contribution in [0.3, 0.4) is 0 Å². The van der Waals surface area contributed by atoms with Gasteiger partial charge in [-0.1, -0.05) is 110 Å². The summed E-state index contributed by atoms with van der Waals surface area (Å²) in [7, 11) is 0. The van der Waals surface area contributed by atoms with E-state index in [1.165, 1.54) is 0 Å². The molecule has 1 fully saturated rings. The van der Waals surface area contributed by atoms with E-state index in [0.29, 0.717) is 13.0 Å². The minimum Gasteiger partial charge on any atom is -0.489 e. The molecule has 1 saturated heterocycles. The Morgan fingerprint density at radius 1 is 0.800 bits per heavy atom. The lowest BCUT2D eigenvalue weighted by Gasteiger charge is -2.33. The zero-order valence-corrected chi connectivity index (χ0v) is 19.4. The molecule has 1 amide bonds. The van der Waals surface area contributed by atoms with E-state index in [-0.39, 0.29) is 6.04 Å². The second-order valence-electron chi connectivity index (χ2n) is 8.64. The number of cyclic esters (lactones) is 1. The largest absolute Gasteiger partial charge is 0.489 e. The number of nitrogens with one attached hydrogen (secondary N) is 1. The Kier molecular flexibility index (Phi) is 6.36. The van der Waals surface area contributed by atoms with E-state index in [1.54, 1.807) is 0 Å². The molecule has 1 heterocycles. The van der Waals surface area contributed by atoms with Crippen LogP contribution in [-0.4, -0.2) is 12.1 Å². The van der Waals surface area contributed by atoms with Crippen molar-refractivity contribution in [3.05, 3.63) is 144 Å². The van der Waals surface area contributed by atoms with Crippen LogP contribution in [0, 0.1) is 0 Å². The lowest BCUT2D eigenvalue weighted by molar-refractivity contribution is 0.0683. The highest BCUT2D eigenvalue weighted by Gasteiger charge is 2.51. The molecule has 0 bridgehead atoms. The van der Waals surface area contributed by atoms with E-state index in [2.05, 4.69) is 11.9 Å². The minimum absolute atomic E-state index is 0.269. The molecule has 174 valence electrons. The molecular weight excluding hydrogens is 434 g/mol. The van der Waals surface area contributed by atoms with E-state index in [1.807, 2.05) is 115 Å². The van der Waals surface area contributed by atoms with Crippen LogP contribution in [0.4, 0.5) is 4.79 Å². The summed E-state index contributed by atoms with van der Waals surface area (Å²) in [6.45, 7) is 4.28. The Hall–Kier alpha value is -4.31. The van der Waals surface area contributed by atoms with Gasteiger partial charge in [-0.05, 0) is 35.2 Å². The smallest absolute Gasteiger partial charge is 0.408 e. The van der Waals surface area contributed by atoms with Crippen molar-refractivity contribution in [2.24, 2.45) is 0 Å². The fraction of sp³-hybridized carbons (Fsp3) is 0.129. The van der Waals surface area contributed by atoms with Gasteiger partial charge in [-0.15, -0.1) is 0 Å². The molecule has 5 rings (SSSR count). The van der Waals surface area contributed by atoms with Crippen molar-refractivity contribution in [1.82, 2.24) is 5.32 Å². The molecule has 1 atom stereocenters.